The molecular weight excluding hydrogens is 274 g/mol. The molecule has 3 N–H and O–H groups in total. The highest BCUT2D eigenvalue weighted by Crippen LogP contribution is 2.25. The SMILES string of the molecule is Cc1nc(-c2cccc(OCC(=O)NCCN)c2)cs1. The summed E-state index contributed by atoms with van der Waals surface area (Å²) in [5.74, 6) is 0.474. The standard InChI is InChI=1S/C14H17N3O2S/c1-10-17-13(9-20-10)11-3-2-4-12(7-11)19-8-14(18)16-6-5-15/h2-4,7,9H,5-6,8,15H2,1H3,(H,16,18). The summed E-state index contributed by atoms with van der Waals surface area (Å²) < 4.78 is 5.46. The summed E-state index contributed by atoms with van der Waals surface area (Å²) in [5, 5.41) is 5.68. The average Bonchev–Trinajstić information content (AvgIpc) is 2.90. The Morgan fingerprint density at radius 3 is 3.05 bits per heavy atom. The normalized spacial score (nSPS) is 10.3. The topological polar surface area (TPSA) is 77.2 Å². The lowest BCUT2D eigenvalue weighted by Crippen LogP contribution is -2.32. The van der Waals surface area contributed by atoms with Crippen molar-refractivity contribution in [2.45, 2.75) is 6.92 Å². The minimum Gasteiger partial charge on any atom is -0.484 e. The molecule has 0 aliphatic rings. The molecule has 106 valence electrons. The molecule has 1 heterocycles. The number of nitrogens with two attached hydrogens (primary N) is 1. The molecule has 0 saturated heterocycles. The lowest BCUT2D eigenvalue weighted by Gasteiger charge is -2.07. The highest BCUT2D eigenvalue weighted by atomic mass is 32.1. The molecule has 1 aromatic carbocycles. The molecular formula is C14H17N3O2S. The van der Waals surface area contributed by atoms with E-state index in [2.05, 4.69) is 10.3 Å². The number of carbonyl (C=O) groups excluding carboxylic acids is 1. The Bertz CT molecular complexity index is 583. The second-order valence-electron chi connectivity index (χ2n) is 4.21. The third-order valence-electron chi connectivity index (χ3n) is 2.59. The van der Waals surface area contributed by atoms with Crippen molar-refractivity contribution in [1.82, 2.24) is 10.3 Å². The van der Waals surface area contributed by atoms with E-state index in [1.807, 2.05) is 36.6 Å². The maximum Gasteiger partial charge on any atom is 0.257 e. The van der Waals surface area contributed by atoms with E-state index in [0.29, 0.717) is 18.8 Å². The van der Waals surface area contributed by atoms with E-state index in [4.69, 9.17) is 10.5 Å². The molecule has 0 radical (unpaired) electrons. The maximum atomic E-state index is 11.4. The largest absolute Gasteiger partial charge is 0.484 e. The number of thiazole rings is 1. The van der Waals surface area contributed by atoms with Crippen LogP contribution < -0.4 is 15.8 Å². The van der Waals surface area contributed by atoms with Gasteiger partial charge in [-0.3, -0.25) is 4.79 Å². The maximum absolute atomic E-state index is 11.4. The van der Waals surface area contributed by atoms with Crippen LogP contribution in [-0.2, 0) is 4.79 Å². The average molecular weight is 291 g/mol. The van der Waals surface area contributed by atoms with Gasteiger partial charge in [0.2, 0.25) is 0 Å². The second kappa shape index (κ2) is 7.02. The number of amides is 1. The van der Waals surface area contributed by atoms with E-state index in [0.717, 1.165) is 16.3 Å². The molecule has 0 bridgehead atoms. The van der Waals surface area contributed by atoms with Gasteiger partial charge in [-0.1, -0.05) is 12.1 Å². The molecule has 20 heavy (non-hydrogen) atoms. The van der Waals surface area contributed by atoms with Crippen LogP contribution in [0.2, 0.25) is 0 Å². The van der Waals surface area contributed by atoms with Crippen molar-refractivity contribution >= 4 is 17.2 Å². The number of ether oxygens (including phenoxy) is 1. The Hall–Kier alpha value is -1.92. The molecule has 2 aromatic rings. The summed E-state index contributed by atoms with van der Waals surface area (Å²) in [6, 6.07) is 7.55. The van der Waals surface area contributed by atoms with Crippen molar-refractivity contribution in [3.8, 4) is 17.0 Å². The number of aromatic nitrogens is 1. The van der Waals surface area contributed by atoms with Crippen LogP contribution >= 0.6 is 11.3 Å². The fraction of sp³-hybridized carbons (Fsp3) is 0.286. The summed E-state index contributed by atoms with van der Waals surface area (Å²) in [4.78, 5) is 15.9. The quantitative estimate of drug-likeness (QED) is 0.847. The molecule has 0 saturated carbocycles. The molecule has 0 unspecified atom stereocenters. The summed E-state index contributed by atoms with van der Waals surface area (Å²) in [5.41, 5.74) is 7.21. The molecule has 2 rings (SSSR count). The van der Waals surface area contributed by atoms with Gasteiger partial charge >= 0.3 is 0 Å². The zero-order valence-electron chi connectivity index (χ0n) is 11.3. The lowest BCUT2D eigenvalue weighted by atomic mass is 10.2. The Kier molecular flexibility index (Phi) is 5.09. The van der Waals surface area contributed by atoms with Crippen molar-refractivity contribution in [3.63, 3.8) is 0 Å². The molecule has 0 fully saturated rings. The van der Waals surface area contributed by atoms with Crippen molar-refractivity contribution in [2.75, 3.05) is 19.7 Å². The minimum absolute atomic E-state index is 0.0143. The zero-order valence-corrected chi connectivity index (χ0v) is 12.1. The van der Waals surface area contributed by atoms with Gasteiger partial charge in [-0.25, -0.2) is 4.98 Å². The highest BCUT2D eigenvalue weighted by molar-refractivity contribution is 7.09. The van der Waals surface area contributed by atoms with E-state index in [1.54, 1.807) is 11.3 Å². The lowest BCUT2D eigenvalue weighted by molar-refractivity contribution is -0.123. The third kappa shape index (κ3) is 4.04. The Labute approximate surface area is 121 Å². The van der Waals surface area contributed by atoms with E-state index in [9.17, 15) is 4.79 Å². The first-order chi connectivity index (χ1) is 9.69. The molecule has 1 aromatic heterocycles. The van der Waals surface area contributed by atoms with Crippen LogP contribution in [0.5, 0.6) is 5.75 Å². The van der Waals surface area contributed by atoms with Crippen LogP contribution in [0.15, 0.2) is 29.6 Å². The smallest absolute Gasteiger partial charge is 0.257 e. The fourth-order valence-electron chi connectivity index (χ4n) is 1.65. The number of hydrogen-bond acceptors (Lipinski definition) is 5. The zero-order chi connectivity index (χ0) is 14.4. The number of nitrogens with one attached hydrogen (secondary N) is 1. The first-order valence-corrected chi connectivity index (χ1v) is 7.19. The van der Waals surface area contributed by atoms with Gasteiger partial charge in [-0.05, 0) is 19.1 Å². The third-order valence-corrected chi connectivity index (χ3v) is 3.36. The van der Waals surface area contributed by atoms with Gasteiger partial charge in [-0.2, -0.15) is 0 Å². The summed E-state index contributed by atoms with van der Waals surface area (Å²) >= 11 is 1.60. The molecule has 6 heteroatoms. The van der Waals surface area contributed by atoms with Crippen molar-refractivity contribution in [2.24, 2.45) is 5.73 Å². The molecule has 1 amide bonds. The van der Waals surface area contributed by atoms with Gasteiger partial charge in [0.1, 0.15) is 5.75 Å². The van der Waals surface area contributed by atoms with Crippen molar-refractivity contribution in [1.29, 1.82) is 0 Å². The predicted octanol–water partition coefficient (Wildman–Crippen LogP) is 1.57. The Morgan fingerprint density at radius 2 is 2.35 bits per heavy atom. The van der Waals surface area contributed by atoms with Gasteiger partial charge in [0.25, 0.3) is 5.91 Å². The van der Waals surface area contributed by atoms with Gasteiger partial charge < -0.3 is 15.8 Å². The van der Waals surface area contributed by atoms with Gasteiger partial charge in [0.05, 0.1) is 10.7 Å². The van der Waals surface area contributed by atoms with Crippen LogP contribution in [-0.4, -0.2) is 30.6 Å². The number of benzene rings is 1. The molecule has 0 atom stereocenters. The molecule has 0 spiro atoms. The van der Waals surface area contributed by atoms with Crippen LogP contribution in [0.3, 0.4) is 0 Å². The fourth-order valence-corrected chi connectivity index (χ4v) is 2.27. The molecule has 5 nitrogen and oxygen atoms in total. The Balaban J connectivity index is 1.98. The Morgan fingerprint density at radius 1 is 1.50 bits per heavy atom. The van der Waals surface area contributed by atoms with Gasteiger partial charge in [-0.15, -0.1) is 11.3 Å². The van der Waals surface area contributed by atoms with Crippen LogP contribution in [0.1, 0.15) is 5.01 Å². The van der Waals surface area contributed by atoms with Crippen LogP contribution in [0.4, 0.5) is 0 Å². The predicted molar refractivity (Wildman–Crippen MR) is 79.8 cm³/mol. The number of nitrogens with zero attached hydrogens (tertiary/aromatic N) is 1. The van der Waals surface area contributed by atoms with E-state index in [-0.39, 0.29) is 12.5 Å². The van der Waals surface area contributed by atoms with Gasteiger partial charge in [0, 0.05) is 24.0 Å². The summed E-state index contributed by atoms with van der Waals surface area (Å²) in [6.45, 7) is 2.83. The van der Waals surface area contributed by atoms with Crippen LogP contribution in [0.25, 0.3) is 11.3 Å². The number of hydrogen-bond donors (Lipinski definition) is 2. The van der Waals surface area contributed by atoms with E-state index < -0.39 is 0 Å². The van der Waals surface area contributed by atoms with Crippen LogP contribution in [0, 0.1) is 6.92 Å². The monoisotopic (exact) mass is 291 g/mol. The van der Waals surface area contributed by atoms with E-state index >= 15 is 0 Å². The molecule has 0 aliphatic carbocycles. The number of carbonyl (C=O) groups is 1. The summed E-state index contributed by atoms with van der Waals surface area (Å²) in [6.07, 6.45) is 0. The number of rotatable bonds is 6. The first-order valence-electron chi connectivity index (χ1n) is 6.31. The van der Waals surface area contributed by atoms with Crippen molar-refractivity contribution in [3.05, 3.63) is 34.7 Å². The van der Waals surface area contributed by atoms with Crippen molar-refractivity contribution < 1.29 is 9.53 Å². The number of aryl methyl sites for hydroxylation is 1. The minimum atomic E-state index is -0.176. The second-order valence-corrected chi connectivity index (χ2v) is 5.27. The van der Waals surface area contributed by atoms with Gasteiger partial charge in [0.15, 0.2) is 6.61 Å². The summed E-state index contributed by atoms with van der Waals surface area (Å²) in [7, 11) is 0. The first kappa shape index (κ1) is 14.5. The van der Waals surface area contributed by atoms with E-state index in [1.165, 1.54) is 0 Å². The molecule has 0 aliphatic heterocycles. The highest BCUT2D eigenvalue weighted by Gasteiger charge is 2.05.